The van der Waals surface area contributed by atoms with E-state index in [-0.39, 0.29) is 5.57 Å². The Kier molecular flexibility index (Phi) is 3.74. The summed E-state index contributed by atoms with van der Waals surface area (Å²) < 4.78 is 5.32. The van der Waals surface area contributed by atoms with Crippen molar-refractivity contribution in [3.8, 4) is 0 Å². The summed E-state index contributed by atoms with van der Waals surface area (Å²) in [6.45, 7) is 0. The van der Waals surface area contributed by atoms with Crippen molar-refractivity contribution in [1.29, 1.82) is 0 Å². The molecule has 2 aromatic rings. The fraction of sp³-hybridized carbons (Fsp3) is 0.111. The standard InChI is InChI=1S/C18H14O4/c19-17(20)15-14(11-12-7-3-1-4-8-12)18(21)22-16(15)13-9-5-2-6-10-13/h1-11,15-16H,(H,19,20)/b14-11+/t15-,16+/m1/s1. The van der Waals surface area contributed by atoms with Gasteiger partial charge in [0.15, 0.2) is 0 Å². The van der Waals surface area contributed by atoms with Crippen molar-refractivity contribution >= 4 is 18.0 Å². The van der Waals surface area contributed by atoms with E-state index in [1.54, 1.807) is 30.3 Å². The summed E-state index contributed by atoms with van der Waals surface area (Å²) in [7, 11) is 0. The van der Waals surface area contributed by atoms with Crippen LogP contribution in [-0.2, 0) is 14.3 Å². The molecule has 110 valence electrons. The monoisotopic (exact) mass is 294 g/mol. The van der Waals surface area contributed by atoms with Gasteiger partial charge < -0.3 is 9.84 Å². The van der Waals surface area contributed by atoms with E-state index in [0.29, 0.717) is 5.56 Å². The third kappa shape index (κ3) is 2.63. The summed E-state index contributed by atoms with van der Waals surface area (Å²) >= 11 is 0. The number of aliphatic carboxylic acids is 1. The van der Waals surface area contributed by atoms with Crippen LogP contribution in [0.15, 0.2) is 66.2 Å². The zero-order valence-electron chi connectivity index (χ0n) is 11.7. The Balaban J connectivity index is 2.02. The number of carbonyl (C=O) groups is 2. The molecular formula is C18H14O4. The first kappa shape index (κ1) is 14.1. The van der Waals surface area contributed by atoms with Crippen LogP contribution in [0, 0.1) is 5.92 Å². The van der Waals surface area contributed by atoms with Gasteiger partial charge in [0.05, 0.1) is 5.57 Å². The number of rotatable bonds is 3. The molecule has 0 aromatic heterocycles. The van der Waals surface area contributed by atoms with Gasteiger partial charge >= 0.3 is 11.9 Å². The van der Waals surface area contributed by atoms with Gasteiger partial charge in [-0.1, -0.05) is 60.7 Å². The number of cyclic esters (lactones) is 1. The topological polar surface area (TPSA) is 63.6 Å². The highest BCUT2D eigenvalue weighted by Crippen LogP contribution is 2.39. The van der Waals surface area contributed by atoms with Gasteiger partial charge in [0.2, 0.25) is 0 Å². The van der Waals surface area contributed by atoms with Crippen LogP contribution in [0.5, 0.6) is 0 Å². The van der Waals surface area contributed by atoms with Crippen LogP contribution in [0.3, 0.4) is 0 Å². The second-order valence-electron chi connectivity index (χ2n) is 5.06. The van der Waals surface area contributed by atoms with Gasteiger partial charge in [0, 0.05) is 0 Å². The van der Waals surface area contributed by atoms with Gasteiger partial charge in [-0.25, -0.2) is 4.79 Å². The van der Waals surface area contributed by atoms with E-state index in [9.17, 15) is 14.7 Å². The summed E-state index contributed by atoms with van der Waals surface area (Å²) in [6.07, 6.45) is 0.797. The van der Waals surface area contributed by atoms with Crippen LogP contribution in [-0.4, -0.2) is 17.0 Å². The molecule has 1 aliphatic heterocycles. The third-order valence-corrected chi connectivity index (χ3v) is 3.62. The maximum atomic E-state index is 12.1. The number of benzene rings is 2. The van der Waals surface area contributed by atoms with E-state index in [2.05, 4.69) is 0 Å². The summed E-state index contributed by atoms with van der Waals surface area (Å²) in [4.78, 5) is 23.8. The minimum absolute atomic E-state index is 0.174. The molecule has 0 amide bonds. The Morgan fingerprint density at radius 1 is 1.00 bits per heavy atom. The van der Waals surface area contributed by atoms with Crippen molar-refractivity contribution in [2.75, 3.05) is 0 Å². The van der Waals surface area contributed by atoms with E-state index < -0.39 is 24.0 Å². The Hall–Kier alpha value is -2.88. The number of hydrogen-bond donors (Lipinski definition) is 1. The molecule has 1 saturated heterocycles. The summed E-state index contributed by atoms with van der Waals surface area (Å²) in [6, 6.07) is 18.1. The first-order valence-electron chi connectivity index (χ1n) is 6.92. The van der Waals surface area contributed by atoms with Crippen LogP contribution < -0.4 is 0 Å². The zero-order chi connectivity index (χ0) is 15.5. The number of carboxylic acids is 1. The second kappa shape index (κ2) is 5.85. The van der Waals surface area contributed by atoms with E-state index in [4.69, 9.17) is 4.74 Å². The molecule has 22 heavy (non-hydrogen) atoms. The lowest BCUT2D eigenvalue weighted by molar-refractivity contribution is -0.144. The quantitative estimate of drug-likeness (QED) is 0.698. The Morgan fingerprint density at radius 2 is 1.59 bits per heavy atom. The van der Waals surface area contributed by atoms with Crippen molar-refractivity contribution in [2.24, 2.45) is 5.92 Å². The van der Waals surface area contributed by atoms with Gasteiger partial charge in [-0.05, 0) is 17.2 Å². The Labute approximate surface area is 127 Å². The summed E-state index contributed by atoms with van der Waals surface area (Å²) in [5, 5.41) is 9.54. The normalized spacial score (nSPS) is 22.5. The molecule has 1 N–H and O–H groups in total. The second-order valence-corrected chi connectivity index (χ2v) is 5.06. The van der Waals surface area contributed by atoms with E-state index >= 15 is 0 Å². The molecule has 0 unspecified atom stereocenters. The fourth-order valence-electron chi connectivity index (χ4n) is 2.58. The number of hydrogen-bond acceptors (Lipinski definition) is 3. The molecule has 0 aliphatic carbocycles. The highest BCUT2D eigenvalue weighted by Gasteiger charge is 2.45. The molecule has 4 nitrogen and oxygen atoms in total. The summed E-state index contributed by atoms with van der Waals surface area (Å²) in [5.74, 6) is -2.65. The molecule has 0 radical (unpaired) electrons. The van der Waals surface area contributed by atoms with Crippen LogP contribution in [0.4, 0.5) is 0 Å². The molecule has 2 atom stereocenters. The van der Waals surface area contributed by atoms with Crippen molar-refractivity contribution in [3.63, 3.8) is 0 Å². The minimum Gasteiger partial charge on any atom is -0.481 e. The van der Waals surface area contributed by atoms with Gasteiger partial charge in [0.1, 0.15) is 12.0 Å². The van der Waals surface area contributed by atoms with Gasteiger partial charge in [0.25, 0.3) is 0 Å². The molecule has 2 aromatic carbocycles. The number of esters is 1. The first-order valence-corrected chi connectivity index (χ1v) is 6.92. The van der Waals surface area contributed by atoms with E-state index in [1.165, 1.54) is 0 Å². The molecule has 0 bridgehead atoms. The predicted molar refractivity (Wildman–Crippen MR) is 80.8 cm³/mol. The molecule has 0 spiro atoms. The predicted octanol–water partition coefficient (Wildman–Crippen LogP) is 3.07. The highest BCUT2D eigenvalue weighted by molar-refractivity contribution is 6.02. The van der Waals surface area contributed by atoms with E-state index in [0.717, 1.165) is 5.56 Å². The molecule has 4 heteroatoms. The maximum Gasteiger partial charge on any atom is 0.335 e. The molecule has 1 heterocycles. The van der Waals surface area contributed by atoms with Gasteiger partial charge in [-0.15, -0.1) is 0 Å². The average molecular weight is 294 g/mol. The minimum atomic E-state index is -1.07. The number of carboxylic acid groups (broad SMARTS) is 1. The SMILES string of the molecule is O=C1O[C@@H](c2ccccc2)[C@H](C(=O)O)/C1=C\c1ccccc1. The molecule has 1 aliphatic rings. The van der Waals surface area contributed by atoms with Crippen molar-refractivity contribution in [1.82, 2.24) is 0 Å². The average Bonchev–Trinajstić information content (AvgIpc) is 2.86. The van der Waals surface area contributed by atoms with Gasteiger partial charge in [-0.2, -0.15) is 0 Å². The molecular weight excluding hydrogens is 280 g/mol. The number of carbonyl (C=O) groups excluding carboxylic acids is 1. The lowest BCUT2D eigenvalue weighted by Gasteiger charge is -2.14. The maximum absolute atomic E-state index is 12.1. The van der Waals surface area contributed by atoms with E-state index in [1.807, 2.05) is 36.4 Å². The zero-order valence-corrected chi connectivity index (χ0v) is 11.7. The van der Waals surface area contributed by atoms with Crippen molar-refractivity contribution in [3.05, 3.63) is 77.4 Å². The highest BCUT2D eigenvalue weighted by atomic mass is 16.6. The van der Waals surface area contributed by atoms with Crippen LogP contribution in [0.1, 0.15) is 17.2 Å². The summed E-state index contributed by atoms with van der Waals surface area (Å²) in [5.41, 5.74) is 1.63. The van der Waals surface area contributed by atoms with Crippen molar-refractivity contribution in [2.45, 2.75) is 6.10 Å². The smallest absolute Gasteiger partial charge is 0.335 e. The molecule has 1 fully saturated rings. The number of ether oxygens (including phenoxy) is 1. The lowest BCUT2D eigenvalue weighted by atomic mass is 9.90. The fourth-order valence-corrected chi connectivity index (χ4v) is 2.58. The third-order valence-electron chi connectivity index (χ3n) is 3.62. The Morgan fingerprint density at radius 3 is 2.18 bits per heavy atom. The van der Waals surface area contributed by atoms with Crippen LogP contribution in [0.25, 0.3) is 6.08 Å². The van der Waals surface area contributed by atoms with Crippen LogP contribution in [0.2, 0.25) is 0 Å². The van der Waals surface area contributed by atoms with Crippen molar-refractivity contribution < 1.29 is 19.4 Å². The molecule has 3 rings (SSSR count). The molecule has 0 saturated carbocycles. The largest absolute Gasteiger partial charge is 0.481 e. The van der Waals surface area contributed by atoms with Gasteiger partial charge in [-0.3, -0.25) is 4.79 Å². The lowest BCUT2D eigenvalue weighted by Crippen LogP contribution is -2.19. The Bertz CT molecular complexity index is 719. The van der Waals surface area contributed by atoms with Crippen LogP contribution >= 0.6 is 0 Å². The first-order chi connectivity index (χ1) is 10.7.